The van der Waals surface area contributed by atoms with E-state index in [0.29, 0.717) is 13.0 Å². The summed E-state index contributed by atoms with van der Waals surface area (Å²) in [6.45, 7) is 2.67. The van der Waals surface area contributed by atoms with Crippen molar-refractivity contribution < 1.29 is 4.52 Å². The van der Waals surface area contributed by atoms with Crippen LogP contribution in [-0.2, 0) is 13.0 Å². The minimum Gasteiger partial charge on any atom is -0.356 e. The number of aryl methyl sites for hydroxylation is 1. The van der Waals surface area contributed by atoms with Crippen molar-refractivity contribution in [1.29, 1.82) is 0 Å². The van der Waals surface area contributed by atoms with E-state index in [4.69, 9.17) is 4.52 Å². The van der Waals surface area contributed by atoms with Crippen molar-refractivity contribution in [2.45, 2.75) is 19.9 Å². The summed E-state index contributed by atoms with van der Waals surface area (Å²) in [6.07, 6.45) is 2.61. The SMILES string of the molecule is Cc1noc(-c2ccc(-c3ccccc3)cc2)c1Cc1cn(Cc2ccccc2)nn1. The lowest BCUT2D eigenvalue weighted by Gasteiger charge is -2.04. The van der Waals surface area contributed by atoms with Crippen LogP contribution in [0.15, 0.2) is 95.6 Å². The van der Waals surface area contributed by atoms with Crippen molar-refractivity contribution in [3.63, 3.8) is 0 Å². The van der Waals surface area contributed by atoms with Gasteiger partial charge in [0.05, 0.1) is 17.9 Å². The summed E-state index contributed by atoms with van der Waals surface area (Å²) in [5.41, 5.74) is 7.37. The minimum absolute atomic E-state index is 0.625. The quantitative estimate of drug-likeness (QED) is 0.371. The predicted octanol–water partition coefficient (Wildman–Crippen LogP) is 5.55. The van der Waals surface area contributed by atoms with Gasteiger partial charge >= 0.3 is 0 Å². The first-order chi connectivity index (χ1) is 15.3. The molecule has 0 spiro atoms. The Morgan fingerprint density at radius 3 is 2.16 bits per heavy atom. The molecule has 5 rings (SSSR count). The molecule has 0 aliphatic heterocycles. The topological polar surface area (TPSA) is 56.7 Å². The maximum Gasteiger partial charge on any atom is 0.170 e. The standard InChI is InChI=1S/C26H22N4O/c1-19-25(16-24-18-30(29-27-24)17-20-8-4-2-5-9-20)26(31-28-19)23-14-12-22(13-15-23)21-10-6-3-7-11-21/h2-15,18H,16-17H2,1H3. The van der Waals surface area contributed by atoms with E-state index in [1.165, 1.54) is 16.7 Å². The second-order valence-corrected chi connectivity index (χ2v) is 7.59. The monoisotopic (exact) mass is 406 g/mol. The highest BCUT2D eigenvalue weighted by molar-refractivity contribution is 5.69. The molecule has 152 valence electrons. The Bertz CT molecular complexity index is 1270. The number of hydrogen-bond acceptors (Lipinski definition) is 4. The lowest BCUT2D eigenvalue weighted by Crippen LogP contribution is -1.99. The van der Waals surface area contributed by atoms with E-state index in [9.17, 15) is 0 Å². The number of benzene rings is 3. The van der Waals surface area contributed by atoms with E-state index < -0.39 is 0 Å². The van der Waals surface area contributed by atoms with Crippen LogP contribution in [0.3, 0.4) is 0 Å². The van der Waals surface area contributed by atoms with Crippen LogP contribution < -0.4 is 0 Å². The third-order valence-corrected chi connectivity index (χ3v) is 5.37. The molecule has 0 bridgehead atoms. The summed E-state index contributed by atoms with van der Waals surface area (Å²) in [6, 6.07) is 29.0. The van der Waals surface area contributed by atoms with Crippen molar-refractivity contribution in [1.82, 2.24) is 20.2 Å². The first kappa shape index (κ1) is 19.0. The van der Waals surface area contributed by atoms with E-state index in [1.54, 1.807) is 0 Å². The largest absolute Gasteiger partial charge is 0.356 e. The van der Waals surface area contributed by atoms with E-state index >= 15 is 0 Å². The van der Waals surface area contributed by atoms with Gasteiger partial charge in [0.2, 0.25) is 0 Å². The van der Waals surface area contributed by atoms with Gasteiger partial charge in [0, 0.05) is 23.7 Å². The molecular weight excluding hydrogens is 384 g/mol. The van der Waals surface area contributed by atoms with Crippen molar-refractivity contribution >= 4 is 0 Å². The average Bonchev–Trinajstić information content (AvgIpc) is 3.42. The van der Waals surface area contributed by atoms with Gasteiger partial charge in [0.1, 0.15) is 0 Å². The molecule has 5 nitrogen and oxygen atoms in total. The summed E-state index contributed by atoms with van der Waals surface area (Å²) in [4.78, 5) is 0. The number of nitrogens with zero attached hydrogens (tertiary/aromatic N) is 4. The average molecular weight is 406 g/mol. The lowest BCUT2D eigenvalue weighted by molar-refractivity contribution is 0.426. The molecule has 31 heavy (non-hydrogen) atoms. The fourth-order valence-electron chi connectivity index (χ4n) is 3.72. The zero-order valence-electron chi connectivity index (χ0n) is 17.3. The van der Waals surface area contributed by atoms with Crippen LogP contribution in [0.1, 0.15) is 22.5 Å². The molecule has 3 aromatic carbocycles. The molecule has 0 aliphatic rings. The third kappa shape index (κ3) is 4.16. The van der Waals surface area contributed by atoms with Crippen LogP contribution >= 0.6 is 0 Å². The smallest absolute Gasteiger partial charge is 0.170 e. The van der Waals surface area contributed by atoms with E-state index in [-0.39, 0.29) is 0 Å². The fraction of sp³-hybridized carbons (Fsp3) is 0.115. The molecule has 0 unspecified atom stereocenters. The molecule has 0 N–H and O–H groups in total. The normalized spacial score (nSPS) is 11.0. The fourth-order valence-corrected chi connectivity index (χ4v) is 3.72. The number of hydrogen-bond donors (Lipinski definition) is 0. The molecule has 0 fully saturated rings. The van der Waals surface area contributed by atoms with Gasteiger partial charge in [-0.1, -0.05) is 95.3 Å². The second-order valence-electron chi connectivity index (χ2n) is 7.59. The molecule has 5 heteroatoms. The zero-order chi connectivity index (χ0) is 21.0. The van der Waals surface area contributed by atoms with Gasteiger partial charge in [-0.3, -0.25) is 0 Å². The Labute approximate surface area is 181 Å². The van der Waals surface area contributed by atoms with Gasteiger partial charge in [-0.05, 0) is 23.6 Å². The lowest BCUT2D eigenvalue weighted by atomic mass is 10.00. The molecule has 5 aromatic rings. The van der Waals surface area contributed by atoms with Crippen molar-refractivity contribution in [2.24, 2.45) is 0 Å². The molecule has 0 saturated heterocycles. The van der Waals surface area contributed by atoms with Crippen LogP contribution in [0.5, 0.6) is 0 Å². The van der Waals surface area contributed by atoms with Crippen LogP contribution in [-0.4, -0.2) is 20.2 Å². The summed E-state index contributed by atoms with van der Waals surface area (Å²) in [7, 11) is 0. The Morgan fingerprint density at radius 1 is 0.774 bits per heavy atom. The van der Waals surface area contributed by atoms with Gasteiger partial charge in [0.15, 0.2) is 5.76 Å². The van der Waals surface area contributed by atoms with E-state index in [0.717, 1.165) is 28.3 Å². The van der Waals surface area contributed by atoms with E-state index in [2.05, 4.69) is 64.0 Å². The molecule has 0 amide bonds. The maximum atomic E-state index is 5.70. The summed E-state index contributed by atoms with van der Waals surface area (Å²) in [5, 5.41) is 12.9. The molecule has 0 saturated carbocycles. The molecule has 0 atom stereocenters. The maximum absolute atomic E-state index is 5.70. The van der Waals surface area contributed by atoms with Crippen LogP contribution in [0.2, 0.25) is 0 Å². The Hall–Kier alpha value is -3.99. The van der Waals surface area contributed by atoms with Gasteiger partial charge in [-0.15, -0.1) is 5.10 Å². The van der Waals surface area contributed by atoms with Gasteiger partial charge in [-0.25, -0.2) is 4.68 Å². The first-order valence-electron chi connectivity index (χ1n) is 10.3. The molecular formula is C26H22N4O. The molecule has 2 heterocycles. The Morgan fingerprint density at radius 2 is 1.42 bits per heavy atom. The van der Waals surface area contributed by atoms with Crippen LogP contribution in [0, 0.1) is 6.92 Å². The molecule has 0 aliphatic carbocycles. The highest BCUT2D eigenvalue weighted by Gasteiger charge is 2.17. The summed E-state index contributed by atoms with van der Waals surface area (Å²) in [5.74, 6) is 0.787. The van der Waals surface area contributed by atoms with Crippen LogP contribution in [0.25, 0.3) is 22.5 Å². The molecule has 0 radical (unpaired) electrons. The van der Waals surface area contributed by atoms with Crippen LogP contribution in [0.4, 0.5) is 0 Å². The minimum atomic E-state index is 0.625. The van der Waals surface area contributed by atoms with E-state index in [1.807, 2.05) is 54.2 Å². The summed E-state index contributed by atoms with van der Waals surface area (Å²) < 4.78 is 7.56. The van der Waals surface area contributed by atoms with Crippen molar-refractivity contribution in [3.8, 4) is 22.5 Å². The highest BCUT2D eigenvalue weighted by atomic mass is 16.5. The zero-order valence-corrected chi connectivity index (χ0v) is 17.3. The predicted molar refractivity (Wildman–Crippen MR) is 120 cm³/mol. The Balaban J connectivity index is 1.37. The van der Waals surface area contributed by atoms with Gasteiger partial charge in [0.25, 0.3) is 0 Å². The Kier molecular flexibility index (Phi) is 5.15. The van der Waals surface area contributed by atoms with Crippen molar-refractivity contribution in [3.05, 3.63) is 114 Å². The second kappa shape index (κ2) is 8.40. The van der Waals surface area contributed by atoms with Gasteiger partial charge < -0.3 is 4.52 Å². The highest BCUT2D eigenvalue weighted by Crippen LogP contribution is 2.30. The number of rotatable bonds is 6. The van der Waals surface area contributed by atoms with Gasteiger partial charge in [-0.2, -0.15) is 0 Å². The third-order valence-electron chi connectivity index (χ3n) is 5.37. The number of aromatic nitrogens is 4. The molecule has 2 aromatic heterocycles. The first-order valence-corrected chi connectivity index (χ1v) is 10.3. The van der Waals surface area contributed by atoms with Crippen molar-refractivity contribution in [2.75, 3.05) is 0 Å². The summed E-state index contributed by atoms with van der Waals surface area (Å²) >= 11 is 0.